The van der Waals surface area contributed by atoms with E-state index in [1.54, 1.807) is 0 Å². The maximum Gasteiger partial charge on any atom is 0.151 e. The Morgan fingerprint density at radius 1 is 1.38 bits per heavy atom. The van der Waals surface area contributed by atoms with Crippen molar-refractivity contribution in [2.75, 3.05) is 0 Å². The number of fused-ring (bicyclic) bond motifs is 1. The van der Waals surface area contributed by atoms with Crippen molar-refractivity contribution in [2.45, 2.75) is 26.7 Å². The molecule has 2 aromatic heterocycles. The predicted molar refractivity (Wildman–Crippen MR) is 51.8 cm³/mol. The fourth-order valence-electron chi connectivity index (χ4n) is 1.32. The second-order valence-corrected chi connectivity index (χ2v) is 3.66. The molecule has 68 valence electrons. The zero-order valence-electron chi connectivity index (χ0n) is 8.15. The van der Waals surface area contributed by atoms with E-state index in [4.69, 9.17) is 0 Å². The Hall–Kier alpha value is -1.38. The molecule has 0 unspecified atom stereocenters. The monoisotopic (exact) mass is 175 g/mol. The molecule has 0 amide bonds. The van der Waals surface area contributed by atoms with Crippen molar-refractivity contribution in [1.82, 2.24) is 14.6 Å². The van der Waals surface area contributed by atoms with Crippen LogP contribution in [-0.2, 0) is 0 Å². The number of aryl methyl sites for hydroxylation is 1. The van der Waals surface area contributed by atoms with E-state index in [-0.39, 0.29) is 0 Å². The Balaban J connectivity index is 2.61. The van der Waals surface area contributed by atoms with Crippen LogP contribution in [0.4, 0.5) is 0 Å². The summed E-state index contributed by atoms with van der Waals surface area (Å²) >= 11 is 0. The largest absolute Gasteiger partial charge is 0.237 e. The summed E-state index contributed by atoms with van der Waals surface area (Å²) in [6.45, 7) is 6.25. The first kappa shape index (κ1) is 8.23. The second-order valence-electron chi connectivity index (χ2n) is 3.66. The first-order valence-electron chi connectivity index (χ1n) is 4.49. The lowest BCUT2D eigenvalue weighted by Crippen LogP contribution is -2.01. The smallest absolute Gasteiger partial charge is 0.151 e. The SMILES string of the molecule is Cc1cc2cnc(C(C)C)nn2c1. The van der Waals surface area contributed by atoms with E-state index in [9.17, 15) is 0 Å². The van der Waals surface area contributed by atoms with E-state index in [1.807, 2.05) is 16.9 Å². The van der Waals surface area contributed by atoms with Crippen molar-refractivity contribution in [2.24, 2.45) is 0 Å². The summed E-state index contributed by atoms with van der Waals surface area (Å²) < 4.78 is 1.89. The summed E-state index contributed by atoms with van der Waals surface area (Å²) in [5, 5.41) is 4.40. The Morgan fingerprint density at radius 3 is 2.85 bits per heavy atom. The van der Waals surface area contributed by atoms with Gasteiger partial charge in [-0.05, 0) is 18.6 Å². The third-order valence-corrected chi connectivity index (χ3v) is 2.02. The van der Waals surface area contributed by atoms with Gasteiger partial charge in [0.25, 0.3) is 0 Å². The van der Waals surface area contributed by atoms with Crippen molar-refractivity contribution in [3.8, 4) is 0 Å². The van der Waals surface area contributed by atoms with Crippen LogP contribution in [0.15, 0.2) is 18.5 Å². The maximum atomic E-state index is 4.40. The first-order chi connectivity index (χ1) is 6.16. The maximum absolute atomic E-state index is 4.40. The molecule has 2 rings (SSSR count). The molecule has 0 saturated heterocycles. The Morgan fingerprint density at radius 2 is 2.15 bits per heavy atom. The van der Waals surface area contributed by atoms with E-state index >= 15 is 0 Å². The molecule has 0 aromatic carbocycles. The highest BCUT2D eigenvalue weighted by Crippen LogP contribution is 2.10. The number of rotatable bonds is 1. The predicted octanol–water partition coefficient (Wildman–Crippen LogP) is 2.16. The summed E-state index contributed by atoms with van der Waals surface area (Å²) in [5.41, 5.74) is 2.28. The molecule has 13 heavy (non-hydrogen) atoms. The molecule has 0 aliphatic carbocycles. The minimum Gasteiger partial charge on any atom is -0.237 e. The summed E-state index contributed by atoms with van der Waals surface area (Å²) in [4.78, 5) is 4.29. The molecule has 3 nitrogen and oxygen atoms in total. The minimum absolute atomic E-state index is 0.382. The molecule has 0 aliphatic rings. The van der Waals surface area contributed by atoms with Gasteiger partial charge < -0.3 is 0 Å². The Kier molecular flexibility index (Phi) is 1.79. The zero-order chi connectivity index (χ0) is 9.42. The summed E-state index contributed by atoms with van der Waals surface area (Å²) in [6.07, 6.45) is 3.89. The molecule has 2 heterocycles. The zero-order valence-corrected chi connectivity index (χ0v) is 8.15. The molecular weight excluding hydrogens is 162 g/mol. The molecule has 0 aliphatic heterocycles. The lowest BCUT2D eigenvalue weighted by atomic mass is 10.2. The van der Waals surface area contributed by atoms with Crippen LogP contribution in [0.1, 0.15) is 31.2 Å². The van der Waals surface area contributed by atoms with Gasteiger partial charge >= 0.3 is 0 Å². The normalized spacial score (nSPS) is 11.4. The standard InChI is InChI=1S/C10H13N3/c1-7(2)10-11-5-9-4-8(3)6-13(9)12-10/h4-7H,1-3H3. The third kappa shape index (κ3) is 1.41. The van der Waals surface area contributed by atoms with E-state index < -0.39 is 0 Å². The van der Waals surface area contributed by atoms with Gasteiger partial charge in [0, 0.05) is 12.1 Å². The molecule has 2 aromatic rings. The molecule has 0 atom stereocenters. The average Bonchev–Trinajstić information content (AvgIpc) is 2.42. The van der Waals surface area contributed by atoms with Gasteiger partial charge in [-0.2, -0.15) is 5.10 Å². The third-order valence-electron chi connectivity index (χ3n) is 2.02. The molecule has 0 N–H and O–H groups in total. The van der Waals surface area contributed by atoms with E-state index in [0.717, 1.165) is 11.3 Å². The molecule has 0 fully saturated rings. The van der Waals surface area contributed by atoms with Crippen molar-refractivity contribution >= 4 is 5.52 Å². The van der Waals surface area contributed by atoms with Crippen LogP contribution in [0.5, 0.6) is 0 Å². The molecule has 3 heteroatoms. The fourth-order valence-corrected chi connectivity index (χ4v) is 1.32. The molecule has 0 bridgehead atoms. The van der Waals surface area contributed by atoms with Gasteiger partial charge in [0.05, 0.1) is 11.7 Å². The van der Waals surface area contributed by atoms with Crippen LogP contribution >= 0.6 is 0 Å². The topological polar surface area (TPSA) is 30.2 Å². The van der Waals surface area contributed by atoms with Gasteiger partial charge in [0.1, 0.15) is 0 Å². The second kappa shape index (κ2) is 2.83. The van der Waals surface area contributed by atoms with Crippen LogP contribution in [0.2, 0.25) is 0 Å². The highest BCUT2D eigenvalue weighted by atomic mass is 15.2. The highest BCUT2D eigenvalue weighted by Gasteiger charge is 2.04. The van der Waals surface area contributed by atoms with Gasteiger partial charge in [-0.3, -0.25) is 0 Å². The average molecular weight is 175 g/mol. The lowest BCUT2D eigenvalue weighted by Gasteiger charge is -2.02. The molecule has 0 spiro atoms. The number of hydrogen-bond acceptors (Lipinski definition) is 2. The fraction of sp³-hybridized carbons (Fsp3) is 0.400. The number of nitrogens with zero attached hydrogens (tertiary/aromatic N) is 3. The number of aromatic nitrogens is 3. The molecular formula is C10H13N3. The summed E-state index contributed by atoms with van der Waals surface area (Å²) in [7, 11) is 0. The van der Waals surface area contributed by atoms with Gasteiger partial charge in [-0.25, -0.2) is 9.50 Å². The molecule has 0 radical (unpaired) electrons. The van der Waals surface area contributed by atoms with Crippen molar-refractivity contribution in [1.29, 1.82) is 0 Å². The van der Waals surface area contributed by atoms with Gasteiger partial charge in [0.15, 0.2) is 5.82 Å². The van der Waals surface area contributed by atoms with Gasteiger partial charge in [-0.1, -0.05) is 13.8 Å². The minimum atomic E-state index is 0.382. The van der Waals surface area contributed by atoms with Gasteiger partial charge in [0.2, 0.25) is 0 Å². The summed E-state index contributed by atoms with van der Waals surface area (Å²) in [6, 6.07) is 2.07. The van der Waals surface area contributed by atoms with Gasteiger partial charge in [-0.15, -0.1) is 0 Å². The van der Waals surface area contributed by atoms with Crippen molar-refractivity contribution < 1.29 is 0 Å². The lowest BCUT2D eigenvalue weighted by molar-refractivity contribution is 0.719. The first-order valence-corrected chi connectivity index (χ1v) is 4.49. The van der Waals surface area contributed by atoms with Crippen molar-refractivity contribution in [3.63, 3.8) is 0 Å². The molecule has 0 saturated carbocycles. The Labute approximate surface area is 77.4 Å². The van der Waals surface area contributed by atoms with Crippen LogP contribution in [0, 0.1) is 6.92 Å². The Bertz CT molecular complexity index is 429. The van der Waals surface area contributed by atoms with Crippen LogP contribution in [0.25, 0.3) is 5.52 Å². The summed E-state index contributed by atoms with van der Waals surface area (Å²) in [5.74, 6) is 1.27. The van der Waals surface area contributed by atoms with E-state index in [1.165, 1.54) is 5.56 Å². The van der Waals surface area contributed by atoms with E-state index in [2.05, 4.69) is 36.9 Å². The van der Waals surface area contributed by atoms with E-state index in [0.29, 0.717) is 5.92 Å². The van der Waals surface area contributed by atoms with Crippen molar-refractivity contribution in [3.05, 3.63) is 29.8 Å². The number of hydrogen-bond donors (Lipinski definition) is 0. The quantitative estimate of drug-likeness (QED) is 0.664. The highest BCUT2D eigenvalue weighted by molar-refractivity contribution is 5.46. The van der Waals surface area contributed by atoms with Crippen LogP contribution < -0.4 is 0 Å². The van der Waals surface area contributed by atoms with Crippen LogP contribution in [-0.4, -0.2) is 14.6 Å². The van der Waals surface area contributed by atoms with Crippen LogP contribution in [0.3, 0.4) is 0 Å².